The molecule has 1 aliphatic rings. The van der Waals surface area contributed by atoms with Gasteiger partial charge in [-0.2, -0.15) is 0 Å². The van der Waals surface area contributed by atoms with E-state index in [2.05, 4.69) is 26.3 Å². The van der Waals surface area contributed by atoms with Crippen LogP contribution in [0.2, 0.25) is 0 Å². The second-order valence-corrected chi connectivity index (χ2v) is 8.87. The highest BCUT2D eigenvalue weighted by atomic mass is 16.6. The molecule has 8 nitrogen and oxygen atoms in total. The van der Waals surface area contributed by atoms with Gasteiger partial charge in [0.05, 0.1) is 6.61 Å². The molecule has 0 saturated carbocycles. The Labute approximate surface area is 213 Å². The number of pyridine rings is 2. The van der Waals surface area contributed by atoms with E-state index in [1.807, 2.05) is 61.5 Å². The van der Waals surface area contributed by atoms with Crippen LogP contribution in [0.25, 0.3) is 0 Å². The number of nitrogens with zero attached hydrogens (tertiary/aromatic N) is 4. The molecule has 1 N–H and O–H groups in total. The van der Waals surface area contributed by atoms with E-state index in [1.54, 1.807) is 11.1 Å². The lowest BCUT2D eigenvalue weighted by atomic mass is 10.2. The number of amides is 1. The van der Waals surface area contributed by atoms with Crippen molar-refractivity contribution >= 4 is 17.6 Å². The number of hydrogen-bond donors (Lipinski definition) is 1. The van der Waals surface area contributed by atoms with Crippen molar-refractivity contribution in [2.24, 2.45) is 0 Å². The quantitative estimate of drug-likeness (QED) is 0.399. The van der Waals surface area contributed by atoms with Crippen molar-refractivity contribution in [1.82, 2.24) is 19.8 Å². The smallest absolute Gasteiger partial charge is 0.409 e. The molecule has 0 aliphatic carbocycles. The summed E-state index contributed by atoms with van der Waals surface area (Å²) in [5, 5.41) is 3.40. The summed E-state index contributed by atoms with van der Waals surface area (Å²) in [7, 11) is 0. The average molecular weight is 490 g/mol. The Morgan fingerprint density at radius 3 is 2.58 bits per heavy atom. The summed E-state index contributed by atoms with van der Waals surface area (Å²) >= 11 is 0. The fourth-order valence-corrected chi connectivity index (χ4v) is 4.14. The number of hydrogen-bond acceptors (Lipinski definition) is 7. The Morgan fingerprint density at radius 2 is 1.78 bits per heavy atom. The molecule has 36 heavy (non-hydrogen) atoms. The predicted octanol–water partition coefficient (Wildman–Crippen LogP) is 4.43. The van der Waals surface area contributed by atoms with Crippen molar-refractivity contribution in [2.75, 3.05) is 51.3 Å². The number of anilines is 2. The van der Waals surface area contributed by atoms with Gasteiger partial charge in [0.25, 0.3) is 0 Å². The largest absolute Gasteiger partial charge is 0.447 e. The van der Waals surface area contributed by atoms with E-state index >= 15 is 0 Å². The first-order chi connectivity index (χ1) is 17.7. The molecular weight excluding hydrogens is 454 g/mol. The zero-order chi connectivity index (χ0) is 25.0. The minimum atomic E-state index is -0.268. The summed E-state index contributed by atoms with van der Waals surface area (Å²) in [6.07, 6.45) is 3.31. The maximum atomic E-state index is 12.4. The van der Waals surface area contributed by atoms with Gasteiger partial charge in [-0.15, -0.1) is 0 Å². The van der Waals surface area contributed by atoms with E-state index in [1.165, 1.54) is 0 Å². The third kappa shape index (κ3) is 8.03. The Morgan fingerprint density at radius 1 is 0.944 bits per heavy atom. The van der Waals surface area contributed by atoms with Crippen LogP contribution in [0.3, 0.4) is 0 Å². The van der Waals surface area contributed by atoms with Crippen molar-refractivity contribution in [3.63, 3.8) is 0 Å². The molecule has 2 aromatic heterocycles. The molecule has 190 valence electrons. The third-order valence-corrected chi connectivity index (χ3v) is 6.07. The Kier molecular flexibility index (Phi) is 9.64. The predicted molar refractivity (Wildman–Crippen MR) is 140 cm³/mol. The van der Waals surface area contributed by atoms with Gasteiger partial charge in [-0.25, -0.2) is 9.78 Å². The molecule has 1 aromatic carbocycles. The maximum Gasteiger partial charge on any atom is 0.409 e. The lowest BCUT2D eigenvalue weighted by Crippen LogP contribution is -2.48. The van der Waals surface area contributed by atoms with Crippen LogP contribution in [-0.4, -0.2) is 71.9 Å². The highest BCUT2D eigenvalue weighted by Crippen LogP contribution is 2.20. The average Bonchev–Trinajstić information content (AvgIpc) is 2.90. The number of ether oxygens (including phenoxy) is 2. The SMILES string of the molecule is Cc1cccc(CCCOCCOC(=O)N2CCN(Cc3cccnc3Nc3ccccc3)CC2)n1. The number of piperazine rings is 1. The summed E-state index contributed by atoms with van der Waals surface area (Å²) in [5.74, 6) is 0.862. The fourth-order valence-electron chi connectivity index (χ4n) is 4.14. The van der Waals surface area contributed by atoms with Gasteiger partial charge in [0.1, 0.15) is 12.4 Å². The van der Waals surface area contributed by atoms with E-state index in [9.17, 15) is 4.79 Å². The normalized spacial score (nSPS) is 14.0. The minimum absolute atomic E-state index is 0.268. The molecule has 3 aromatic rings. The van der Waals surface area contributed by atoms with Crippen LogP contribution in [0.1, 0.15) is 23.4 Å². The Hall–Kier alpha value is -3.49. The van der Waals surface area contributed by atoms with Gasteiger partial charge in [-0.05, 0) is 50.1 Å². The van der Waals surface area contributed by atoms with E-state index in [0.717, 1.165) is 60.9 Å². The first kappa shape index (κ1) is 25.6. The standard InChI is InChI=1S/C28H35N5O3/c1-23-8-5-12-25(30-23)13-7-19-35-20-21-36-28(34)33-17-15-32(16-18-33)22-24-9-6-14-29-27(24)31-26-10-3-2-4-11-26/h2-6,8-12,14H,7,13,15-22H2,1H3,(H,29,31). The lowest BCUT2D eigenvalue weighted by molar-refractivity contribution is 0.0430. The van der Waals surface area contributed by atoms with Crippen LogP contribution in [0, 0.1) is 6.92 Å². The number of carbonyl (C=O) groups is 1. The molecule has 1 aliphatic heterocycles. The molecule has 4 rings (SSSR count). The molecule has 1 fully saturated rings. The van der Waals surface area contributed by atoms with Crippen molar-refractivity contribution < 1.29 is 14.3 Å². The second-order valence-electron chi connectivity index (χ2n) is 8.87. The number of carbonyl (C=O) groups excluding carboxylic acids is 1. The maximum absolute atomic E-state index is 12.4. The van der Waals surface area contributed by atoms with Gasteiger partial charge < -0.3 is 19.7 Å². The summed E-state index contributed by atoms with van der Waals surface area (Å²) in [6.45, 7) is 6.94. The van der Waals surface area contributed by atoms with Crippen LogP contribution < -0.4 is 5.32 Å². The number of rotatable bonds is 11. The van der Waals surface area contributed by atoms with Crippen molar-refractivity contribution in [2.45, 2.75) is 26.3 Å². The monoisotopic (exact) mass is 489 g/mol. The molecule has 1 amide bonds. The minimum Gasteiger partial charge on any atom is -0.447 e. The molecule has 0 bridgehead atoms. The van der Waals surface area contributed by atoms with E-state index in [-0.39, 0.29) is 12.7 Å². The highest BCUT2D eigenvalue weighted by molar-refractivity contribution is 5.67. The molecule has 3 heterocycles. The second kappa shape index (κ2) is 13.6. The van der Waals surface area contributed by atoms with Gasteiger partial charge >= 0.3 is 6.09 Å². The molecule has 0 radical (unpaired) electrons. The van der Waals surface area contributed by atoms with Crippen molar-refractivity contribution in [3.8, 4) is 0 Å². The van der Waals surface area contributed by atoms with Gasteiger partial charge in [0.15, 0.2) is 0 Å². The number of aryl methyl sites for hydroxylation is 2. The molecule has 0 atom stereocenters. The summed E-state index contributed by atoms with van der Waals surface area (Å²) in [6, 6.07) is 20.1. The molecular formula is C28H35N5O3. The van der Waals surface area contributed by atoms with Crippen LogP contribution in [0.5, 0.6) is 0 Å². The van der Waals surface area contributed by atoms with Crippen LogP contribution in [-0.2, 0) is 22.4 Å². The zero-order valence-corrected chi connectivity index (χ0v) is 20.9. The van der Waals surface area contributed by atoms with Crippen LogP contribution >= 0.6 is 0 Å². The molecule has 8 heteroatoms. The lowest BCUT2D eigenvalue weighted by Gasteiger charge is -2.34. The van der Waals surface area contributed by atoms with E-state index < -0.39 is 0 Å². The van der Waals surface area contributed by atoms with E-state index in [0.29, 0.717) is 26.3 Å². The summed E-state index contributed by atoms with van der Waals surface area (Å²) < 4.78 is 11.0. The third-order valence-electron chi connectivity index (χ3n) is 6.07. The summed E-state index contributed by atoms with van der Waals surface area (Å²) in [4.78, 5) is 25.6. The number of aromatic nitrogens is 2. The van der Waals surface area contributed by atoms with Gasteiger partial charge in [0, 0.05) is 68.2 Å². The highest BCUT2D eigenvalue weighted by Gasteiger charge is 2.22. The van der Waals surface area contributed by atoms with Gasteiger partial charge in [-0.3, -0.25) is 9.88 Å². The fraction of sp³-hybridized carbons (Fsp3) is 0.393. The molecule has 0 spiro atoms. The van der Waals surface area contributed by atoms with Crippen LogP contribution in [0.4, 0.5) is 16.3 Å². The first-order valence-corrected chi connectivity index (χ1v) is 12.6. The van der Waals surface area contributed by atoms with Gasteiger partial charge in [0.2, 0.25) is 0 Å². The Bertz CT molecular complexity index is 1090. The topological polar surface area (TPSA) is 79.8 Å². The van der Waals surface area contributed by atoms with Crippen molar-refractivity contribution in [3.05, 3.63) is 83.8 Å². The summed E-state index contributed by atoms with van der Waals surface area (Å²) in [5.41, 5.74) is 4.25. The zero-order valence-electron chi connectivity index (χ0n) is 20.9. The van der Waals surface area contributed by atoms with Crippen molar-refractivity contribution in [1.29, 1.82) is 0 Å². The van der Waals surface area contributed by atoms with Crippen LogP contribution in [0.15, 0.2) is 66.9 Å². The molecule has 1 saturated heterocycles. The molecule has 0 unspecified atom stereocenters. The number of nitrogens with one attached hydrogen (secondary N) is 1. The van der Waals surface area contributed by atoms with E-state index in [4.69, 9.17) is 9.47 Å². The number of para-hydroxylation sites is 1. The van der Waals surface area contributed by atoms with Gasteiger partial charge in [-0.1, -0.05) is 30.3 Å². The number of benzene rings is 1. The Balaban J connectivity index is 1.11. The first-order valence-electron chi connectivity index (χ1n) is 12.6.